The smallest absolute Gasteiger partial charge is 0.137 e. The summed E-state index contributed by atoms with van der Waals surface area (Å²) in [5.74, 6) is -1.86. The first-order chi connectivity index (χ1) is 12.4. The van der Waals surface area contributed by atoms with Crippen LogP contribution in [-0.4, -0.2) is 55.0 Å². The van der Waals surface area contributed by atoms with Gasteiger partial charge in [-0.15, -0.1) is 0 Å². The van der Waals surface area contributed by atoms with Crippen molar-refractivity contribution in [3.05, 3.63) is 71.3 Å². The Balaban J connectivity index is 1.77. The van der Waals surface area contributed by atoms with Gasteiger partial charge >= 0.3 is 0 Å². The van der Waals surface area contributed by atoms with Gasteiger partial charge in [-0.05, 0) is 23.1 Å². The van der Waals surface area contributed by atoms with E-state index in [0.717, 1.165) is 12.0 Å². The van der Waals surface area contributed by atoms with E-state index in [1.165, 1.54) is 0 Å². The van der Waals surface area contributed by atoms with Crippen molar-refractivity contribution in [3.8, 4) is 0 Å². The molecule has 3 unspecified atom stereocenters. The Hall–Kier alpha value is -1.76. The first kappa shape index (κ1) is 17.6. The molecule has 0 heterocycles. The number of hydrogen-bond donors (Lipinski definition) is 5. The number of hydrogen-bond acceptors (Lipinski definition) is 5. The van der Waals surface area contributed by atoms with Crippen molar-refractivity contribution < 1.29 is 25.5 Å². The lowest BCUT2D eigenvalue weighted by Gasteiger charge is -2.79. The molecule has 5 nitrogen and oxygen atoms in total. The molecule has 5 N–H and O–H groups in total. The van der Waals surface area contributed by atoms with Crippen LogP contribution in [0.25, 0.3) is 0 Å². The molecule has 2 aromatic rings. The number of benzene rings is 2. The molecule has 2 aliphatic carbocycles. The Morgan fingerprint density at radius 3 is 2.04 bits per heavy atom. The second kappa shape index (κ2) is 5.62. The van der Waals surface area contributed by atoms with Crippen LogP contribution in [-0.2, 0) is 6.42 Å². The number of aryl methyl sites for hydroxylation is 1. The average Bonchev–Trinajstić information content (AvgIpc) is 2.68. The minimum absolute atomic E-state index is 0.565. The SMILES string of the molecule is CCc1ccc(C2C(O)[C@@]3(O)C(c4ccccc4)[C@@](O)(CO)[C@@]23O)cc1. The summed E-state index contributed by atoms with van der Waals surface area (Å²) in [5, 5.41) is 54.2. The van der Waals surface area contributed by atoms with E-state index in [1.807, 2.05) is 19.1 Å². The van der Waals surface area contributed by atoms with Gasteiger partial charge in [0.05, 0.1) is 18.6 Å². The fourth-order valence-electron chi connectivity index (χ4n) is 5.15. The zero-order valence-electron chi connectivity index (χ0n) is 14.6. The summed E-state index contributed by atoms with van der Waals surface area (Å²) < 4.78 is 0. The highest BCUT2D eigenvalue weighted by atomic mass is 16.4. The molecule has 2 saturated carbocycles. The van der Waals surface area contributed by atoms with E-state index >= 15 is 0 Å². The van der Waals surface area contributed by atoms with Gasteiger partial charge in [-0.2, -0.15) is 0 Å². The molecule has 0 aliphatic heterocycles. The zero-order valence-corrected chi connectivity index (χ0v) is 14.6. The predicted molar refractivity (Wildman–Crippen MR) is 95.7 cm³/mol. The predicted octanol–water partition coefficient (Wildman–Crippen LogP) is 0.690. The molecule has 6 atom stereocenters. The van der Waals surface area contributed by atoms with Gasteiger partial charge in [-0.25, -0.2) is 0 Å². The maximum absolute atomic E-state index is 11.3. The topological polar surface area (TPSA) is 101 Å². The molecule has 2 aliphatic rings. The third-order valence-electron chi connectivity index (χ3n) is 6.53. The van der Waals surface area contributed by atoms with E-state index in [0.29, 0.717) is 11.1 Å². The Bertz CT molecular complexity index is 795. The van der Waals surface area contributed by atoms with Gasteiger partial charge in [0.1, 0.15) is 16.8 Å². The van der Waals surface area contributed by atoms with E-state index < -0.39 is 41.3 Å². The summed E-state index contributed by atoms with van der Waals surface area (Å²) in [7, 11) is 0. The van der Waals surface area contributed by atoms with E-state index in [2.05, 4.69) is 0 Å². The van der Waals surface area contributed by atoms with Gasteiger partial charge in [0.2, 0.25) is 0 Å². The van der Waals surface area contributed by atoms with Gasteiger partial charge in [-0.1, -0.05) is 61.5 Å². The lowest BCUT2D eigenvalue weighted by atomic mass is 9.31. The van der Waals surface area contributed by atoms with Crippen molar-refractivity contribution in [2.24, 2.45) is 0 Å². The summed E-state index contributed by atoms with van der Waals surface area (Å²) in [6.45, 7) is 1.31. The Morgan fingerprint density at radius 2 is 1.50 bits per heavy atom. The Labute approximate surface area is 152 Å². The van der Waals surface area contributed by atoms with Crippen molar-refractivity contribution in [3.63, 3.8) is 0 Å². The number of aliphatic hydroxyl groups excluding tert-OH is 2. The van der Waals surface area contributed by atoms with Gasteiger partial charge < -0.3 is 25.5 Å². The molecule has 2 fully saturated rings. The Morgan fingerprint density at radius 1 is 0.885 bits per heavy atom. The maximum Gasteiger partial charge on any atom is 0.137 e. The quantitative estimate of drug-likeness (QED) is 0.555. The molecule has 5 heteroatoms. The van der Waals surface area contributed by atoms with Crippen LogP contribution >= 0.6 is 0 Å². The van der Waals surface area contributed by atoms with Crippen LogP contribution in [0.2, 0.25) is 0 Å². The number of fused-ring (bicyclic) bond motifs is 1. The van der Waals surface area contributed by atoms with Crippen LogP contribution < -0.4 is 0 Å². The van der Waals surface area contributed by atoms with Crippen LogP contribution in [0.1, 0.15) is 35.4 Å². The minimum atomic E-state index is -2.03. The third-order valence-corrected chi connectivity index (χ3v) is 6.53. The van der Waals surface area contributed by atoms with E-state index in [1.54, 1.807) is 42.5 Å². The maximum atomic E-state index is 11.3. The first-order valence-electron chi connectivity index (χ1n) is 8.96. The summed E-state index contributed by atoms with van der Waals surface area (Å²) in [4.78, 5) is 0. The van der Waals surface area contributed by atoms with E-state index in [-0.39, 0.29) is 0 Å². The summed E-state index contributed by atoms with van der Waals surface area (Å²) >= 11 is 0. The second-order valence-corrected chi connectivity index (χ2v) is 7.54. The Kier molecular flexibility index (Phi) is 3.81. The molecule has 0 radical (unpaired) electrons. The van der Waals surface area contributed by atoms with E-state index in [9.17, 15) is 25.5 Å². The molecule has 4 rings (SSSR count). The molecule has 0 saturated heterocycles. The average molecular weight is 356 g/mol. The molecular weight excluding hydrogens is 332 g/mol. The van der Waals surface area contributed by atoms with Crippen LogP contribution in [0.15, 0.2) is 54.6 Å². The van der Waals surface area contributed by atoms with Gasteiger partial charge in [-0.3, -0.25) is 0 Å². The first-order valence-corrected chi connectivity index (χ1v) is 8.96. The normalized spacial score (nSPS) is 41.1. The highest BCUT2D eigenvalue weighted by Crippen LogP contribution is 2.74. The lowest BCUT2D eigenvalue weighted by molar-refractivity contribution is -0.448. The summed E-state index contributed by atoms with van der Waals surface area (Å²) in [6, 6.07) is 16.1. The molecular formula is C21H24O5. The van der Waals surface area contributed by atoms with Crippen LogP contribution in [0.4, 0.5) is 0 Å². The van der Waals surface area contributed by atoms with E-state index in [4.69, 9.17) is 0 Å². The third kappa shape index (κ3) is 1.77. The lowest BCUT2D eigenvalue weighted by Crippen LogP contribution is -2.98. The molecule has 0 aromatic heterocycles. The summed E-state index contributed by atoms with van der Waals surface area (Å²) in [5.41, 5.74) is -3.59. The molecule has 26 heavy (non-hydrogen) atoms. The molecule has 0 spiro atoms. The monoisotopic (exact) mass is 356 g/mol. The van der Waals surface area contributed by atoms with Crippen molar-refractivity contribution in [1.29, 1.82) is 0 Å². The molecule has 0 amide bonds. The minimum Gasteiger partial charge on any atom is -0.393 e. The van der Waals surface area contributed by atoms with Gasteiger partial charge in [0.25, 0.3) is 0 Å². The molecule has 138 valence electrons. The van der Waals surface area contributed by atoms with Crippen molar-refractivity contribution in [2.45, 2.75) is 48.1 Å². The largest absolute Gasteiger partial charge is 0.393 e. The van der Waals surface area contributed by atoms with Crippen molar-refractivity contribution >= 4 is 0 Å². The second-order valence-electron chi connectivity index (χ2n) is 7.54. The molecule has 2 aromatic carbocycles. The fourth-order valence-corrected chi connectivity index (χ4v) is 5.15. The fraction of sp³-hybridized carbons (Fsp3) is 0.429. The summed E-state index contributed by atoms with van der Waals surface area (Å²) in [6.07, 6.45) is -0.393. The van der Waals surface area contributed by atoms with Crippen molar-refractivity contribution in [1.82, 2.24) is 0 Å². The number of aliphatic hydroxyl groups is 5. The highest BCUT2D eigenvalue weighted by molar-refractivity contribution is 5.54. The van der Waals surface area contributed by atoms with Crippen LogP contribution in [0, 0.1) is 0 Å². The van der Waals surface area contributed by atoms with Crippen molar-refractivity contribution in [2.75, 3.05) is 6.61 Å². The van der Waals surface area contributed by atoms with Crippen LogP contribution in [0.3, 0.4) is 0 Å². The standard InChI is InChI=1S/C21H24O5/c1-2-13-8-10-14(11-9-13)16-18(23)20(25)17(15-6-4-3-5-7-15)19(24,12-22)21(16,20)26/h3-11,16-18,22-26H,2,12H2,1H3/t16?,17?,18?,19-,20-,21-/m0/s1. The molecule has 0 bridgehead atoms. The van der Waals surface area contributed by atoms with Gasteiger partial charge in [0.15, 0.2) is 0 Å². The van der Waals surface area contributed by atoms with Crippen LogP contribution in [0.5, 0.6) is 0 Å². The number of rotatable bonds is 4. The van der Waals surface area contributed by atoms with Gasteiger partial charge in [0, 0.05) is 5.92 Å². The zero-order chi connectivity index (χ0) is 18.7. The highest BCUT2D eigenvalue weighted by Gasteiger charge is 2.92.